The van der Waals surface area contributed by atoms with Crippen LogP contribution in [0.3, 0.4) is 0 Å². The first-order valence-corrected chi connectivity index (χ1v) is 46.3. The molecule has 0 aliphatic heterocycles. The number of hydrogen-bond acceptors (Lipinski definition) is 19. The Morgan fingerprint density at radius 2 is 0.806 bits per heavy atom. The monoisotopic (exact) mass is 1930 g/mol. The first-order chi connectivity index (χ1) is 64.2. The third-order valence-corrected chi connectivity index (χ3v) is 22.9. The van der Waals surface area contributed by atoms with Gasteiger partial charge in [0.15, 0.2) is 17.3 Å². The summed E-state index contributed by atoms with van der Waals surface area (Å²) in [5, 5.41) is 46.6. The molecule has 0 unspecified atom stereocenters. The molecular formula is C105H91BrClF3N6O16S2. The average molecular weight is 1930 g/mol. The van der Waals surface area contributed by atoms with Crippen molar-refractivity contribution < 1.29 is 87.7 Å². The minimum absolute atomic E-state index is 0.0242. The van der Waals surface area contributed by atoms with E-state index in [1.807, 2.05) is 258 Å². The Bertz CT molecular complexity index is 6930. The van der Waals surface area contributed by atoms with Gasteiger partial charge in [-0.1, -0.05) is 293 Å². The molecule has 16 aromatic rings. The molecule has 134 heavy (non-hydrogen) atoms. The molecule has 0 bridgehead atoms. The van der Waals surface area contributed by atoms with Crippen LogP contribution in [0.2, 0.25) is 0 Å². The molecule has 13 aromatic carbocycles. The smallest absolute Gasteiger partial charge is 0.416 e. The Morgan fingerprint density at radius 3 is 1.28 bits per heavy atom. The number of aromatic nitrogens is 6. The molecule has 0 amide bonds. The zero-order valence-electron chi connectivity index (χ0n) is 73.0. The Hall–Kier alpha value is -15.1. The zero-order valence-corrected chi connectivity index (χ0v) is 77.0. The normalized spacial score (nSPS) is 10.9. The number of aryl methyl sites for hydroxylation is 5. The summed E-state index contributed by atoms with van der Waals surface area (Å²) < 4.78 is 112. The number of H-pyrrole nitrogens is 1. The fourth-order valence-corrected chi connectivity index (χ4v) is 15.1. The summed E-state index contributed by atoms with van der Waals surface area (Å²) in [7, 11) is -3.11. The van der Waals surface area contributed by atoms with E-state index in [0.29, 0.717) is 35.2 Å². The van der Waals surface area contributed by atoms with Crippen molar-refractivity contribution in [2.24, 2.45) is 0 Å². The molecule has 0 aliphatic rings. The molecule has 29 heteroatoms. The first-order valence-electron chi connectivity index (χ1n) is 41.5. The third-order valence-electron chi connectivity index (χ3n) is 19.8. The minimum atomic E-state index is -4.73. The van der Waals surface area contributed by atoms with E-state index >= 15 is 0 Å². The number of Topliss-reactive ketones (excluding diaryl/α,β-unsaturated/α-hetero) is 2. The molecule has 4 N–H and O–H groups in total. The summed E-state index contributed by atoms with van der Waals surface area (Å²) >= 11 is 3.01. The summed E-state index contributed by atoms with van der Waals surface area (Å²) in [6, 6.07) is 101. The van der Waals surface area contributed by atoms with Crippen LogP contribution in [0.5, 0.6) is 23.0 Å². The Kier molecular flexibility index (Phi) is 35.4. The van der Waals surface area contributed by atoms with E-state index in [1.54, 1.807) is 84.4 Å². The van der Waals surface area contributed by atoms with Gasteiger partial charge in [0.05, 0.1) is 56.6 Å². The predicted octanol–water partition coefficient (Wildman–Crippen LogP) is 23.0. The van der Waals surface area contributed by atoms with Crippen LogP contribution in [0, 0.1) is 34.6 Å². The second-order valence-corrected chi connectivity index (χ2v) is 34.9. The van der Waals surface area contributed by atoms with E-state index in [1.165, 1.54) is 28.9 Å². The number of aromatic amines is 1. The molecule has 684 valence electrons. The van der Waals surface area contributed by atoms with Crippen molar-refractivity contribution in [2.45, 2.75) is 89.9 Å². The number of phenolic OH excluding ortho intramolecular Hbond substituents is 3. The van der Waals surface area contributed by atoms with Crippen LogP contribution in [-0.4, -0.2) is 96.7 Å². The minimum Gasteiger partial charge on any atom is -0.507 e. The number of esters is 3. The number of carbonyl (C=O) groups excluding carboxylic acids is 5. The molecule has 0 saturated carbocycles. The highest BCUT2D eigenvalue weighted by molar-refractivity contribution is 9.09. The molecule has 3 aromatic heterocycles. The molecule has 16 rings (SSSR count). The summed E-state index contributed by atoms with van der Waals surface area (Å²) in [4.78, 5) is 59.5. The van der Waals surface area contributed by atoms with E-state index < -0.39 is 41.8 Å². The second-order valence-electron chi connectivity index (χ2n) is 30.3. The van der Waals surface area contributed by atoms with E-state index in [9.17, 15) is 69.3 Å². The maximum Gasteiger partial charge on any atom is 0.416 e. The lowest BCUT2D eigenvalue weighted by Crippen LogP contribution is -2.15. The lowest BCUT2D eigenvalue weighted by Gasteiger charge is -2.13. The van der Waals surface area contributed by atoms with E-state index in [2.05, 4.69) is 36.3 Å². The van der Waals surface area contributed by atoms with Crippen molar-refractivity contribution in [1.29, 1.82) is 0 Å². The number of halogens is 5. The molecule has 0 atom stereocenters. The molecule has 0 fully saturated rings. The van der Waals surface area contributed by atoms with Gasteiger partial charge in [-0.25, -0.2) is 8.42 Å². The zero-order chi connectivity index (χ0) is 95.9. The van der Waals surface area contributed by atoms with Crippen LogP contribution >= 0.6 is 26.6 Å². The van der Waals surface area contributed by atoms with Crippen LogP contribution in [0.4, 0.5) is 13.2 Å². The van der Waals surface area contributed by atoms with E-state index in [-0.39, 0.29) is 106 Å². The van der Waals surface area contributed by atoms with Crippen molar-refractivity contribution in [3.8, 4) is 90.5 Å². The highest BCUT2D eigenvalue weighted by atomic mass is 79.9. The number of alkyl halides is 4. The van der Waals surface area contributed by atoms with Gasteiger partial charge < -0.3 is 33.7 Å². The Labute approximate surface area is 786 Å². The lowest BCUT2D eigenvalue weighted by atomic mass is 10.00. The highest BCUT2D eigenvalue weighted by Crippen LogP contribution is 2.39. The largest absolute Gasteiger partial charge is 0.507 e. The average Bonchev–Trinajstić information content (AvgIpc) is 1.57. The van der Waals surface area contributed by atoms with Gasteiger partial charge in [-0.15, -0.1) is 0 Å². The summed E-state index contributed by atoms with van der Waals surface area (Å²) in [5.41, 5.74) is 15.3. The molecule has 22 nitrogen and oxygen atoms in total. The van der Waals surface area contributed by atoms with Crippen molar-refractivity contribution in [2.75, 3.05) is 5.33 Å². The number of phenols is 3. The summed E-state index contributed by atoms with van der Waals surface area (Å²) in [5.74, 6) is -1.58. The number of benzene rings is 13. The van der Waals surface area contributed by atoms with Crippen molar-refractivity contribution in [1.82, 2.24) is 29.8 Å². The number of ether oxygens (including phenoxy) is 3. The van der Waals surface area contributed by atoms with Crippen LogP contribution in [0.25, 0.3) is 67.5 Å². The standard InChI is InChI=1S/C32H25F3N2O5S.C25H22N2O3.C16H14N2O.C16H14O3.C9H9BrO2.C7H7ClO2S/c1-22-15-16-30(42-43(39,40)26-14-8-13-25(18-26)32(33,34)35)27(17-22)28-19-29(24-11-6-3-7-12-24)37(36-28)20-31(38)41-21-23-9-4-2-5-10-23;1-18-12-13-24(28)21(14-18)22-15-23(20-10-6-3-7-11-20)27(26-22)16-25(29)30-17-19-8-4-2-5-9-19;1-11-7-8-16(19)13(9-11)15-10-14(17-18-15)12-5-3-2-4-6-12;1-11-7-8-14(17)13(9-11)16(19)10-15(18)12-5-3-2-4-6-12;10-6-9(11)12-7-8-4-2-1-3-5-8;1-6-3-2-4-7(5-6)11(8,9)10/h2-19H,20-21H2,1H3;2-15,28H,16-17H2,1H3;2-10,19H,1H3,(H,17,18);2-9,17H,10H2,1H3;1-5H,6-7H2;2-5H,1H3. The molecule has 0 spiro atoms. The van der Waals surface area contributed by atoms with Gasteiger partial charge in [0, 0.05) is 38.5 Å². The summed E-state index contributed by atoms with van der Waals surface area (Å²) in [6.45, 7) is 9.77. The van der Waals surface area contributed by atoms with Gasteiger partial charge in [-0.05, 0) is 165 Å². The fourth-order valence-electron chi connectivity index (χ4n) is 13.1. The van der Waals surface area contributed by atoms with Crippen LogP contribution < -0.4 is 4.18 Å². The number of aromatic hydroxyl groups is 3. The number of ketones is 2. The molecule has 0 aliphatic carbocycles. The highest BCUT2D eigenvalue weighted by Gasteiger charge is 2.33. The lowest BCUT2D eigenvalue weighted by molar-refractivity contribution is -0.146. The van der Waals surface area contributed by atoms with Crippen LogP contribution in [-0.2, 0) is 86.8 Å². The Morgan fingerprint density at radius 1 is 0.403 bits per heavy atom. The van der Waals surface area contributed by atoms with Crippen molar-refractivity contribution >= 4 is 75.3 Å². The fraction of sp³-hybridized carbons (Fsp3) is 0.124. The number of rotatable bonds is 25. The third kappa shape index (κ3) is 29.7. The van der Waals surface area contributed by atoms with Crippen molar-refractivity contribution in [3.63, 3.8) is 0 Å². The molecule has 0 saturated heterocycles. The van der Waals surface area contributed by atoms with E-state index in [0.717, 1.165) is 102 Å². The number of carbonyl (C=O) groups is 5. The second kappa shape index (κ2) is 47.6. The van der Waals surface area contributed by atoms with Gasteiger partial charge in [0.1, 0.15) is 60.4 Å². The topological polar surface area (TPSA) is 316 Å². The summed E-state index contributed by atoms with van der Waals surface area (Å²) in [6.07, 6.45) is -4.97. The van der Waals surface area contributed by atoms with Gasteiger partial charge in [0.25, 0.3) is 9.05 Å². The predicted molar refractivity (Wildman–Crippen MR) is 512 cm³/mol. The van der Waals surface area contributed by atoms with E-state index in [4.69, 9.17) is 29.1 Å². The maximum absolute atomic E-state index is 13.2. The molecular weight excluding hydrogens is 1840 g/mol. The van der Waals surface area contributed by atoms with Crippen molar-refractivity contribution in [3.05, 3.63) is 413 Å². The maximum atomic E-state index is 13.2. The Balaban J connectivity index is 0.000000165. The van der Waals surface area contributed by atoms with Crippen LogP contribution in [0.1, 0.15) is 77.2 Å². The SMILES string of the molecule is Cc1ccc(O)c(-c2cc(-c3ccccc3)n(CC(=O)OCc3ccccc3)n2)c1.Cc1ccc(O)c(-c2cc(-c3ccccc3)n[nH]2)c1.Cc1ccc(O)c(C(=O)CC(=O)c2ccccc2)c1.Cc1ccc(OS(=O)(=O)c2cccc(C(F)(F)F)c2)c(-c2cc(-c3ccccc3)n(CC(=O)OCc3ccccc3)n2)c1.Cc1cccc(S(=O)(=O)Cl)c1.O=C(CBr)OCc1ccccc1. The van der Waals surface area contributed by atoms with Gasteiger partial charge >= 0.3 is 34.2 Å². The first kappa shape index (κ1) is 99.5. The van der Waals surface area contributed by atoms with Crippen LogP contribution in [0.15, 0.2) is 362 Å². The van der Waals surface area contributed by atoms with Gasteiger partial charge in [0.2, 0.25) is 0 Å². The molecule has 0 radical (unpaired) electrons. The number of nitrogens with zero attached hydrogens (tertiary/aromatic N) is 5. The van der Waals surface area contributed by atoms with Gasteiger partial charge in [-0.2, -0.15) is 36.9 Å². The quantitative estimate of drug-likeness (QED) is 0.00785. The number of hydrogen-bond donors (Lipinski definition) is 4. The number of nitrogens with one attached hydrogen (secondary N) is 1. The van der Waals surface area contributed by atoms with Gasteiger partial charge in [-0.3, -0.25) is 38.4 Å². The molecule has 3 heterocycles.